The van der Waals surface area contributed by atoms with Crippen molar-refractivity contribution in [3.05, 3.63) is 235 Å². The van der Waals surface area contributed by atoms with E-state index in [1.165, 1.54) is 77.4 Å². The normalized spacial score (nSPS) is 13.9. The average Bonchev–Trinajstić information content (AvgIpc) is 3.93. The summed E-state index contributed by atoms with van der Waals surface area (Å²) in [4.78, 5) is 10.5. The number of hydrogen-bond donors (Lipinski definition) is 0. The van der Waals surface area contributed by atoms with Gasteiger partial charge in [-0.1, -0.05) is 191 Å². The number of rotatable bonds is 6. The summed E-state index contributed by atoms with van der Waals surface area (Å²) in [6, 6.07) is 77.7. The zero-order chi connectivity index (χ0) is 45.0. The summed E-state index contributed by atoms with van der Waals surface area (Å²) in [6.07, 6.45) is 0. The maximum atomic E-state index is 5.24. The molecule has 3 nitrogen and oxygen atoms in total. The lowest BCUT2D eigenvalue weighted by atomic mass is 9.81. The zero-order valence-corrected chi connectivity index (χ0v) is 38.0. The van der Waals surface area contributed by atoms with Crippen LogP contribution in [-0.2, 0) is 10.8 Å². The van der Waals surface area contributed by atoms with Crippen LogP contribution in [0.25, 0.3) is 106 Å². The minimum absolute atomic E-state index is 0.102. The van der Waals surface area contributed by atoms with Crippen LogP contribution < -0.4 is 0 Å². The van der Waals surface area contributed by atoms with Crippen LogP contribution >= 0.6 is 0 Å². The van der Waals surface area contributed by atoms with Crippen molar-refractivity contribution >= 4 is 21.8 Å². The molecular formula is C64H47N3. The summed E-state index contributed by atoms with van der Waals surface area (Å²) in [5.41, 5.74) is 23.6. The number of benzene rings is 9. The SMILES string of the molecule is CC1(C)c2ccccc2-c2ccc(-c3cc(-c4ccc(-c5cc(-c6ccc7c(c6)C(C)(C)c6ccccc6-7)nc(-c6ccccc6)n5)cc4)cc(-n4c5ccccc5c5ccccc54)c3)cc21. The lowest BCUT2D eigenvalue weighted by molar-refractivity contribution is 0.660. The molecule has 0 spiro atoms. The predicted octanol–water partition coefficient (Wildman–Crippen LogP) is 16.5. The van der Waals surface area contributed by atoms with Crippen LogP contribution in [0.2, 0.25) is 0 Å². The summed E-state index contributed by atoms with van der Waals surface area (Å²) in [5.74, 6) is 0.712. The topological polar surface area (TPSA) is 30.7 Å². The molecule has 2 aliphatic rings. The van der Waals surface area contributed by atoms with Crippen molar-refractivity contribution in [2.24, 2.45) is 0 Å². The van der Waals surface area contributed by atoms with Crippen LogP contribution in [0.5, 0.6) is 0 Å². The van der Waals surface area contributed by atoms with Crippen LogP contribution in [-0.4, -0.2) is 14.5 Å². The highest BCUT2D eigenvalue weighted by Gasteiger charge is 2.36. The molecule has 0 saturated heterocycles. The molecule has 2 heterocycles. The molecule has 0 atom stereocenters. The first-order valence-electron chi connectivity index (χ1n) is 23.4. The molecule has 0 unspecified atom stereocenters. The fourth-order valence-electron chi connectivity index (χ4n) is 11.3. The predicted molar refractivity (Wildman–Crippen MR) is 279 cm³/mol. The molecule has 2 aromatic heterocycles. The molecule has 0 saturated carbocycles. The van der Waals surface area contributed by atoms with Gasteiger partial charge in [0.05, 0.1) is 22.4 Å². The van der Waals surface area contributed by atoms with E-state index in [1.54, 1.807) is 0 Å². The summed E-state index contributed by atoms with van der Waals surface area (Å²) in [5, 5.41) is 2.50. The molecule has 0 bridgehead atoms. The molecule has 318 valence electrons. The number of fused-ring (bicyclic) bond motifs is 9. The number of aromatic nitrogens is 3. The summed E-state index contributed by atoms with van der Waals surface area (Å²) < 4.78 is 2.44. The van der Waals surface area contributed by atoms with Gasteiger partial charge >= 0.3 is 0 Å². The highest BCUT2D eigenvalue weighted by molar-refractivity contribution is 6.09. The smallest absolute Gasteiger partial charge is 0.160 e. The van der Waals surface area contributed by atoms with Crippen molar-refractivity contribution in [3.8, 4) is 84.1 Å². The Kier molecular flexibility index (Phi) is 8.60. The van der Waals surface area contributed by atoms with E-state index in [0.717, 1.165) is 44.9 Å². The van der Waals surface area contributed by atoms with Crippen molar-refractivity contribution in [2.45, 2.75) is 38.5 Å². The summed E-state index contributed by atoms with van der Waals surface area (Å²) in [6.45, 7) is 9.38. The monoisotopic (exact) mass is 857 g/mol. The third kappa shape index (κ3) is 6.11. The van der Waals surface area contributed by atoms with Gasteiger partial charge < -0.3 is 4.57 Å². The first-order valence-corrected chi connectivity index (χ1v) is 23.4. The molecule has 0 aliphatic heterocycles. The molecule has 11 aromatic rings. The van der Waals surface area contributed by atoms with E-state index in [-0.39, 0.29) is 10.8 Å². The standard InChI is InChI=1S/C64H47N3/c1-63(2)54-22-12-8-18-48(54)50-32-30-43(37-56(50)63)46-34-45(35-47(36-46)67-60-24-14-10-20-52(60)53-21-11-15-25-61(53)67)40-26-28-41(29-27-40)58-39-59(66-62(65-58)42-16-6-5-7-17-42)44-31-33-51-49-19-9-13-23-55(49)64(3,4)57(51)38-44/h5-39H,1-4H3. The van der Waals surface area contributed by atoms with Gasteiger partial charge in [0.1, 0.15) is 0 Å². The van der Waals surface area contributed by atoms with Crippen molar-refractivity contribution < 1.29 is 0 Å². The van der Waals surface area contributed by atoms with Gasteiger partial charge in [-0.05, 0) is 115 Å². The van der Waals surface area contributed by atoms with E-state index in [1.807, 2.05) is 6.07 Å². The Morgan fingerprint density at radius 2 is 0.761 bits per heavy atom. The zero-order valence-electron chi connectivity index (χ0n) is 38.0. The van der Waals surface area contributed by atoms with E-state index < -0.39 is 0 Å². The molecule has 0 radical (unpaired) electrons. The second kappa shape index (κ2) is 14.7. The minimum Gasteiger partial charge on any atom is -0.309 e. The van der Waals surface area contributed by atoms with E-state index in [4.69, 9.17) is 9.97 Å². The summed E-state index contributed by atoms with van der Waals surface area (Å²) >= 11 is 0. The Morgan fingerprint density at radius 3 is 1.37 bits per heavy atom. The second-order valence-electron chi connectivity index (χ2n) is 19.4. The molecule has 67 heavy (non-hydrogen) atoms. The van der Waals surface area contributed by atoms with E-state index in [9.17, 15) is 0 Å². The minimum atomic E-state index is -0.114. The van der Waals surface area contributed by atoms with Crippen molar-refractivity contribution in [3.63, 3.8) is 0 Å². The van der Waals surface area contributed by atoms with Crippen LogP contribution in [0.3, 0.4) is 0 Å². The number of nitrogens with zero attached hydrogens (tertiary/aromatic N) is 3. The quantitative estimate of drug-likeness (QED) is 0.167. The van der Waals surface area contributed by atoms with E-state index in [2.05, 4.69) is 239 Å². The van der Waals surface area contributed by atoms with Crippen molar-refractivity contribution in [1.82, 2.24) is 14.5 Å². The van der Waals surface area contributed by atoms with Gasteiger partial charge in [-0.2, -0.15) is 0 Å². The first kappa shape index (κ1) is 39.2. The first-order chi connectivity index (χ1) is 32.7. The fraction of sp³-hybridized carbons (Fsp3) is 0.0938. The van der Waals surface area contributed by atoms with Crippen molar-refractivity contribution in [1.29, 1.82) is 0 Å². The van der Waals surface area contributed by atoms with Gasteiger partial charge in [0.15, 0.2) is 5.82 Å². The largest absolute Gasteiger partial charge is 0.309 e. The average molecular weight is 858 g/mol. The van der Waals surface area contributed by atoms with Crippen molar-refractivity contribution in [2.75, 3.05) is 0 Å². The summed E-state index contributed by atoms with van der Waals surface area (Å²) in [7, 11) is 0. The molecule has 3 heteroatoms. The van der Waals surface area contributed by atoms with Crippen LogP contribution in [0.1, 0.15) is 49.9 Å². The fourth-order valence-corrected chi connectivity index (χ4v) is 11.3. The van der Waals surface area contributed by atoms with Gasteiger partial charge in [0.25, 0.3) is 0 Å². The van der Waals surface area contributed by atoms with Gasteiger partial charge in [0.2, 0.25) is 0 Å². The lowest BCUT2D eigenvalue weighted by Crippen LogP contribution is -2.14. The third-order valence-electron chi connectivity index (χ3n) is 14.8. The van der Waals surface area contributed by atoms with Crippen LogP contribution in [0.4, 0.5) is 0 Å². The second-order valence-corrected chi connectivity index (χ2v) is 19.4. The Morgan fingerprint density at radius 1 is 0.313 bits per heavy atom. The molecular weight excluding hydrogens is 811 g/mol. The molecule has 2 aliphatic carbocycles. The van der Waals surface area contributed by atoms with Gasteiger partial charge in [-0.15, -0.1) is 0 Å². The van der Waals surface area contributed by atoms with Gasteiger partial charge in [-0.3, -0.25) is 0 Å². The molecule has 9 aromatic carbocycles. The Hall–Kier alpha value is -8.14. The van der Waals surface area contributed by atoms with Crippen LogP contribution in [0.15, 0.2) is 212 Å². The molecule has 0 fully saturated rings. The lowest BCUT2D eigenvalue weighted by Gasteiger charge is -2.22. The maximum absolute atomic E-state index is 5.24. The van der Waals surface area contributed by atoms with E-state index >= 15 is 0 Å². The van der Waals surface area contributed by atoms with E-state index in [0.29, 0.717) is 5.82 Å². The maximum Gasteiger partial charge on any atom is 0.160 e. The highest BCUT2D eigenvalue weighted by Crippen LogP contribution is 2.51. The van der Waals surface area contributed by atoms with Gasteiger partial charge in [0, 0.05) is 44.0 Å². The molecule has 0 amide bonds. The number of hydrogen-bond acceptors (Lipinski definition) is 2. The Balaban J connectivity index is 0.946. The van der Waals surface area contributed by atoms with Gasteiger partial charge in [-0.25, -0.2) is 9.97 Å². The third-order valence-corrected chi connectivity index (χ3v) is 14.8. The number of para-hydroxylation sites is 2. The Labute approximate surface area is 391 Å². The highest BCUT2D eigenvalue weighted by atomic mass is 15.0. The van der Waals surface area contributed by atoms with Crippen LogP contribution in [0, 0.1) is 0 Å². The Bertz CT molecular complexity index is 3740. The molecule has 0 N–H and O–H groups in total. The molecule has 13 rings (SSSR count).